The van der Waals surface area contributed by atoms with Gasteiger partial charge < -0.3 is 16.0 Å². The highest BCUT2D eigenvalue weighted by Crippen LogP contribution is 2.19. The van der Waals surface area contributed by atoms with E-state index >= 15 is 0 Å². The minimum Gasteiger partial charge on any atom is -0.357 e. The fourth-order valence-electron chi connectivity index (χ4n) is 2.08. The molecular weight excluding hydrogens is 508 g/mol. The first-order chi connectivity index (χ1) is 12.9. The Morgan fingerprint density at radius 1 is 1.04 bits per heavy atom. The molecule has 0 unspecified atom stereocenters. The van der Waals surface area contributed by atoms with Gasteiger partial charge in [-0.15, -0.1) is 24.0 Å². The summed E-state index contributed by atoms with van der Waals surface area (Å²) in [5.74, 6) is -4.69. The van der Waals surface area contributed by atoms with Crippen molar-refractivity contribution < 1.29 is 18.0 Å². The zero-order valence-electron chi connectivity index (χ0n) is 14.9. The van der Waals surface area contributed by atoms with Gasteiger partial charge in [0.1, 0.15) is 0 Å². The van der Waals surface area contributed by atoms with Crippen molar-refractivity contribution in [1.29, 1.82) is 0 Å². The van der Waals surface area contributed by atoms with Crippen LogP contribution in [0.5, 0.6) is 0 Å². The predicted octanol–water partition coefficient (Wildman–Crippen LogP) is 4.07. The van der Waals surface area contributed by atoms with E-state index in [1.165, 1.54) is 0 Å². The molecule has 0 bridgehead atoms. The van der Waals surface area contributed by atoms with Crippen molar-refractivity contribution in [3.8, 4) is 0 Å². The molecular formula is C18H19ClF3IN4O. The Kier molecular flexibility index (Phi) is 10.1. The van der Waals surface area contributed by atoms with E-state index in [-0.39, 0.29) is 30.5 Å². The number of rotatable bonds is 6. The number of hydrogen-bond acceptors (Lipinski definition) is 2. The lowest BCUT2D eigenvalue weighted by Gasteiger charge is -2.12. The molecule has 10 heteroatoms. The van der Waals surface area contributed by atoms with Crippen LogP contribution in [-0.2, 0) is 11.3 Å². The van der Waals surface area contributed by atoms with E-state index in [4.69, 9.17) is 11.6 Å². The fourth-order valence-corrected chi connectivity index (χ4v) is 2.21. The molecule has 2 rings (SSSR count). The van der Waals surface area contributed by atoms with E-state index in [0.29, 0.717) is 24.1 Å². The predicted molar refractivity (Wildman–Crippen MR) is 115 cm³/mol. The first-order valence-electron chi connectivity index (χ1n) is 8.10. The van der Waals surface area contributed by atoms with Gasteiger partial charge in [0.2, 0.25) is 5.91 Å². The van der Waals surface area contributed by atoms with Crippen LogP contribution < -0.4 is 16.0 Å². The number of benzene rings is 2. The zero-order chi connectivity index (χ0) is 19.8. The molecule has 0 aliphatic heterocycles. The zero-order valence-corrected chi connectivity index (χ0v) is 17.9. The number of carbonyl (C=O) groups is 1. The van der Waals surface area contributed by atoms with Gasteiger partial charge in [0.15, 0.2) is 23.4 Å². The summed E-state index contributed by atoms with van der Waals surface area (Å²) in [6, 6.07) is 8.83. The second-order valence-electron chi connectivity index (χ2n) is 5.45. The van der Waals surface area contributed by atoms with Crippen LogP contribution in [0.2, 0.25) is 5.02 Å². The first-order valence-corrected chi connectivity index (χ1v) is 8.48. The van der Waals surface area contributed by atoms with Gasteiger partial charge in [-0.2, -0.15) is 0 Å². The van der Waals surface area contributed by atoms with Crippen molar-refractivity contribution in [3.05, 3.63) is 64.4 Å². The Morgan fingerprint density at radius 2 is 1.71 bits per heavy atom. The lowest BCUT2D eigenvalue weighted by atomic mass is 10.2. The first kappa shape index (κ1) is 24.0. The molecule has 0 spiro atoms. The van der Waals surface area contributed by atoms with Crippen molar-refractivity contribution in [2.45, 2.75) is 13.5 Å². The number of nitrogens with zero attached hydrogens (tertiary/aromatic N) is 1. The van der Waals surface area contributed by atoms with Crippen LogP contribution in [0, 0.1) is 17.5 Å². The van der Waals surface area contributed by atoms with Crippen molar-refractivity contribution in [2.75, 3.05) is 18.4 Å². The van der Waals surface area contributed by atoms with Crippen molar-refractivity contribution >= 4 is 53.1 Å². The van der Waals surface area contributed by atoms with Gasteiger partial charge in [-0.3, -0.25) is 4.79 Å². The van der Waals surface area contributed by atoms with Gasteiger partial charge >= 0.3 is 0 Å². The standard InChI is InChI=1S/C18H18ClF3N4O.HI/c1-2-23-18(24-9-11-3-5-12(19)6-4-11)25-10-15(27)26-14-8-7-13(20)16(21)17(14)22;/h3-8H,2,9-10H2,1H3,(H,26,27)(H2,23,24,25);1H. The molecule has 0 fully saturated rings. The molecule has 0 aromatic heterocycles. The number of halogens is 5. The van der Waals surface area contributed by atoms with Crippen LogP contribution in [0.3, 0.4) is 0 Å². The molecule has 0 aliphatic rings. The van der Waals surface area contributed by atoms with Gasteiger partial charge in [0.25, 0.3) is 0 Å². The smallest absolute Gasteiger partial charge is 0.243 e. The van der Waals surface area contributed by atoms with Gasteiger partial charge in [-0.1, -0.05) is 23.7 Å². The highest BCUT2D eigenvalue weighted by Gasteiger charge is 2.15. The molecule has 3 N–H and O–H groups in total. The summed E-state index contributed by atoms with van der Waals surface area (Å²) >= 11 is 5.83. The average Bonchev–Trinajstić information content (AvgIpc) is 2.66. The van der Waals surface area contributed by atoms with Crippen molar-refractivity contribution in [2.24, 2.45) is 4.99 Å². The molecule has 0 heterocycles. The Labute approximate surface area is 182 Å². The summed E-state index contributed by atoms with van der Waals surface area (Å²) in [7, 11) is 0. The van der Waals surface area contributed by atoms with Crippen LogP contribution >= 0.6 is 35.6 Å². The van der Waals surface area contributed by atoms with E-state index in [9.17, 15) is 18.0 Å². The lowest BCUT2D eigenvalue weighted by Crippen LogP contribution is -2.41. The quantitative estimate of drug-likeness (QED) is 0.230. The van der Waals surface area contributed by atoms with Crippen LogP contribution in [0.25, 0.3) is 0 Å². The maximum atomic E-state index is 13.6. The minimum atomic E-state index is -1.64. The van der Waals surface area contributed by atoms with Gasteiger partial charge in [0.05, 0.1) is 18.8 Å². The van der Waals surface area contributed by atoms with Crippen molar-refractivity contribution in [1.82, 2.24) is 10.6 Å². The average molecular weight is 527 g/mol. The summed E-state index contributed by atoms with van der Waals surface area (Å²) in [6.07, 6.45) is 0. The Hall–Kier alpha value is -2.01. The third-order valence-corrected chi connectivity index (χ3v) is 3.65. The number of hydrogen-bond donors (Lipinski definition) is 3. The topological polar surface area (TPSA) is 65.5 Å². The monoisotopic (exact) mass is 526 g/mol. The van der Waals surface area contributed by atoms with Crippen LogP contribution in [0.1, 0.15) is 12.5 Å². The van der Waals surface area contributed by atoms with Crippen LogP contribution in [0.4, 0.5) is 18.9 Å². The summed E-state index contributed by atoms with van der Waals surface area (Å²) in [5, 5.41) is 8.53. The van der Waals surface area contributed by atoms with E-state index in [1.54, 1.807) is 12.1 Å². The van der Waals surface area contributed by atoms with E-state index < -0.39 is 29.0 Å². The van der Waals surface area contributed by atoms with Crippen LogP contribution in [0.15, 0.2) is 41.4 Å². The molecule has 2 aromatic carbocycles. The molecule has 0 saturated heterocycles. The summed E-state index contributed by atoms with van der Waals surface area (Å²) in [6.45, 7) is 2.53. The van der Waals surface area contributed by atoms with Gasteiger partial charge in [-0.05, 0) is 36.8 Å². The lowest BCUT2D eigenvalue weighted by molar-refractivity contribution is -0.115. The molecule has 1 amide bonds. The number of guanidine groups is 1. The van der Waals surface area contributed by atoms with E-state index in [2.05, 4.69) is 20.9 Å². The molecule has 0 atom stereocenters. The third kappa shape index (κ3) is 7.19. The number of aliphatic imine (C=N–C) groups is 1. The van der Waals surface area contributed by atoms with Crippen LogP contribution in [-0.4, -0.2) is 25.0 Å². The summed E-state index contributed by atoms with van der Waals surface area (Å²) < 4.78 is 39.7. The molecule has 5 nitrogen and oxygen atoms in total. The Morgan fingerprint density at radius 3 is 2.36 bits per heavy atom. The summed E-state index contributed by atoms with van der Waals surface area (Å²) in [5.41, 5.74) is 0.480. The second kappa shape index (κ2) is 11.7. The van der Waals surface area contributed by atoms with Crippen molar-refractivity contribution in [3.63, 3.8) is 0 Å². The highest BCUT2D eigenvalue weighted by molar-refractivity contribution is 14.0. The molecule has 0 saturated carbocycles. The highest BCUT2D eigenvalue weighted by atomic mass is 127. The van der Waals surface area contributed by atoms with Gasteiger partial charge in [-0.25, -0.2) is 18.2 Å². The number of anilines is 1. The second-order valence-corrected chi connectivity index (χ2v) is 5.88. The fraction of sp³-hybridized carbons (Fsp3) is 0.222. The molecule has 2 aromatic rings. The number of amides is 1. The molecule has 28 heavy (non-hydrogen) atoms. The third-order valence-electron chi connectivity index (χ3n) is 3.40. The molecule has 152 valence electrons. The minimum absolute atomic E-state index is 0. The SMILES string of the molecule is CCNC(=NCc1ccc(Cl)cc1)NCC(=O)Nc1ccc(F)c(F)c1F.I. The number of nitrogens with one attached hydrogen (secondary N) is 3. The van der Waals surface area contributed by atoms with E-state index in [1.807, 2.05) is 19.1 Å². The van der Waals surface area contributed by atoms with Gasteiger partial charge in [0, 0.05) is 11.6 Å². The molecule has 0 radical (unpaired) electrons. The largest absolute Gasteiger partial charge is 0.357 e. The Bertz CT molecular complexity index is 834. The summed E-state index contributed by atoms with van der Waals surface area (Å²) in [4.78, 5) is 16.3. The Balaban J connectivity index is 0.00000392. The normalized spacial score (nSPS) is 10.8. The number of carbonyl (C=O) groups excluding carboxylic acids is 1. The molecule has 0 aliphatic carbocycles. The maximum absolute atomic E-state index is 13.6. The maximum Gasteiger partial charge on any atom is 0.243 e. The van der Waals surface area contributed by atoms with E-state index in [0.717, 1.165) is 17.7 Å².